The zero-order valence-electron chi connectivity index (χ0n) is 53.4. The van der Waals surface area contributed by atoms with Crippen molar-refractivity contribution in [1.82, 2.24) is 5.32 Å². The number of carbonyl (C=O) groups excluding carboxylic acids is 2. The number of esters is 1. The molecule has 0 saturated heterocycles. The number of ether oxygens (including phenoxy) is 1. The van der Waals surface area contributed by atoms with Gasteiger partial charge in [-0.05, 0) is 83.5 Å². The molecular weight excluding hydrogens is 971 g/mol. The van der Waals surface area contributed by atoms with Gasteiger partial charge in [0.2, 0.25) is 5.91 Å². The number of unbranched alkanes of at least 4 members (excludes halogenated alkanes) is 50. The first-order chi connectivity index (χ1) is 39.0. The third-order valence-electron chi connectivity index (χ3n) is 16.7. The fraction of sp³-hybridized carbons (Fsp3) is 0.890. The van der Waals surface area contributed by atoms with E-state index in [2.05, 4.69) is 55.6 Å². The molecule has 1 amide bonds. The predicted molar refractivity (Wildman–Crippen MR) is 347 cm³/mol. The Bertz CT molecular complexity index is 1280. The van der Waals surface area contributed by atoms with E-state index in [-0.39, 0.29) is 18.5 Å². The van der Waals surface area contributed by atoms with Crippen LogP contribution in [0.3, 0.4) is 0 Å². The summed E-state index contributed by atoms with van der Waals surface area (Å²) < 4.78 is 5.47. The Hall–Kier alpha value is -1.92. The summed E-state index contributed by atoms with van der Waals surface area (Å²) in [5, 5.41) is 23.2. The van der Waals surface area contributed by atoms with Crippen LogP contribution in [0, 0.1) is 0 Å². The first kappa shape index (κ1) is 77.1. The van der Waals surface area contributed by atoms with Crippen LogP contribution in [-0.4, -0.2) is 47.4 Å². The number of allylic oxidation sites excluding steroid dienone is 6. The molecule has 0 rings (SSSR count). The van der Waals surface area contributed by atoms with Crippen LogP contribution in [0.4, 0.5) is 0 Å². The molecule has 0 bridgehead atoms. The van der Waals surface area contributed by atoms with Crippen LogP contribution in [-0.2, 0) is 14.3 Å². The number of carbonyl (C=O) groups is 2. The van der Waals surface area contributed by atoms with E-state index >= 15 is 0 Å². The standard InChI is InChI=1S/C73H139NO5/c1-3-5-7-9-11-13-15-47-51-55-59-63-67-73(78)79-68-64-60-56-52-48-44-42-40-38-36-34-32-30-28-26-24-22-20-18-16-17-19-21-23-25-27-29-31-33-35-37-39-41-43-46-50-54-58-62-66-72(77)74-70(69-75)71(76)65-61-57-53-49-45-14-12-10-8-6-4-2/h11,13,16-17,20,22,70-71,75-76H,3-10,12,14-15,18-19,21,23-69H2,1-2H3,(H,74,77)/b13-11-,17-16-,22-20-. The fourth-order valence-corrected chi connectivity index (χ4v) is 11.2. The quantitative estimate of drug-likeness (QED) is 0.0320. The van der Waals surface area contributed by atoms with Gasteiger partial charge in [-0.3, -0.25) is 9.59 Å². The molecule has 2 atom stereocenters. The second-order valence-electron chi connectivity index (χ2n) is 24.6. The molecule has 0 heterocycles. The molecule has 0 spiro atoms. The van der Waals surface area contributed by atoms with Gasteiger partial charge in [0.05, 0.1) is 25.4 Å². The summed E-state index contributed by atoms with van der Waals surface area (Å²) >= 11 is 0. The minimum atomic E-state index is -0.660. The van der Waals surface area contributed by atoms with Gasteiger partial charge in [-0.15, -0.1) is 0 Å². The van der Waals surface area contributed by atoms with Gasteiger partial charge in [-0.25, -0.2) is 0 Å². The lowest BCUT2D eigenvalue weighted by Crippen LogP contribution is -2.45. The number of rotatable bonds is 67. The topological polar surface area (TPSA) is 95.9 Å². The van der Waals surface area contributed by atoms with Gasteiger partial charge < -0.3 is 20.3 Å². The molecule has 0 aliphatic heterocycles. The molecule has 0 aromatic carbocycles. The summed E-state index contributed by atoms with van der Waals surface area (Å²) in [4.78, 5) is 24.5. The summed E-state index contributed by atoms with van der Waals surface area (Å²) in [7, 11) is 0. The molecule has 79 heavy (non-hydrogen) atoms. The number of hydrogen-bond donors (Lipinski definition) is 3. The van der Waals surface area contributed by atoms with E-state index in [1.54, 1.807) is 0 Å². The molecule has 6 nitrogen and oxygen atoms in total. The van der Waals surface area contributed by atoms with Crippen LogP contribution in [0.25, 0.3) is 0 Å². The first-order valence-electron chi connectivity index (χ1n) is 35.7. The van der Waals surface area contributed by atoms with Gasteiger partial charge in [0.15, 0.2) is 0 Å². The van der Waals surface area contributed by atoms with Gasteiger partial charge in [-0.2, -0.15) is 0 Å². The van der Waals surface area contributed by atoms with Crippen molar-refractivity contribution in [2.45, 2.75) is 405 Å². The molecule has 0 radical (unpaired) electrons. The van der Waals surface area contributed by atoms with E-state index in [0.29, 0.717) is 25.9 Å². The minimum absolute atomic E-state index is 0.0103. The minimum Gasteiger partial charge on any atom is -0.466 e. The molecular formula is C73H139NO5. The first-order valence-corrected chi connectivity index (χ1v) is 35.7. The van der Waals surface area contributed by atoms with E-state index in [4.69, 9.17) is 4.74 Å². The fourth-order valence-electron chi connectivity index (χ4n) is 11.2. The molecule has 6 heteroatoms. The van der Waals surface area contributed by atoms with Crippen LogP contribution < -0.4 is 5.32 Å². The van der Waals surface area contributed by atoms with E-state index < -0.39 is 12.1 Å². The third-order valence-corrected chi connectivity index (χ3v) is 16.7. The smallest absolute Gasteiger partial charge is 0.305 e. The predicted octanol–water partition coefficient (Wildman–Crippen LogP) is 23.1. The molecule has 0 saturated carbocycles. The molecule has 0 aromatic heterocycles. The van der Waals surface area contributed by atoms with Crippen LogP contribution in [0.2, 0.25) is 0 Å². The van der Waals surface area contributed by atoms with Crippen molar-refractivity contribution >= 4 is 11.9 Å². The lowest BCUT2D eigenvalue weighted by molar-refractivity contribution is -0.143. The normalized spacial score (nSPS) is 12.7. The van der Waals surface area contributed by atoms with Crippen molar-refractivity contribution in [3.05, 3.63) is 36.5 Å². The van der Waals surface area contributed by atoms with E-state index in [1.807, 2.05) is 0 Å². The van der Waals surface area contributed by atoms with E-state index in [1.165, 1.54) is 308 Å². The van der Waals surface area contributed by atoms with Crippen molar-refractivity contribution < 1.29 is 24.5 Å². The van der Waals surface area contributed by atoms with Crippen molar-refractivity contribution in [3.8, 4) is 0 Å². The largest absolute Gasteiger partial charge is 0.466 e. The molecule has 0 aliphatic carbocycles. The summed E-state index contributed by atoms with van der Waals surface area (Å²) in [5.74, 6) is -0.0209. The highest BCUT2D eigenvalue weighted by molar-refractivity contribution is 5.76. The average molecular weight is 1110 g/mol. The summed E-state index contributed by atoms with van der Waals surface area (Å²) in [6, 6.07) is -0.537. The van der Waals surface area contributed by atoms with Crippen molar-refractivity contribution in [2.24, 2.45) is 0 Å². The number of aliphatic hydroxyl groups excluding tert-OH is 2. The summed E-state index contributed by atoms with van der Waals surface area (Å²) in [6.07, 6.45) is 87.9. The van der Waals surface area contributed by atoms with Crippen molar-refractivity contribution in [1.29, 1.82) is 0 Å². The van der Waals surface area contributed by atoms with Gasteiger partial charge in [0.1, 0.15) is 0 Å². The Labute approximate surface area is 494 Å². The molecule has 3 N–H and O–H groups in total. The molecule has 2 unspecified atom stereocenters. The average Bonchev–Trinajstić information content (AvgIpc) is 3.45. The summed E-state index contributed by atoms with van der Waals surface area (Å²) in [5.41, 5.74) is 0. The molecule has 0 aliphatic rings. The highest BCUT2D eigenvalue weighted by atomic mass is 16.5. The van der Waals surface area contributed by atoms with Crippen LogP contribution in [0.15, 0.2) is 36.5 Å². The Morgan fingerprint density at radius 1 is 0.354 bits per heavy atom. The van der Waals surface area contributed by atoms with Gasteiger partial charge in [0.25, 0.3) is 0 Å². The zero-order chi connectivity index (χ0) is 57.1. The van der Waals surface area contributed by atoms with Crippen molar-refractivity contribution in [2.75, 3.05) is 13.2 Å². The Morgan fingerprint density at radius 3 is 1.00 bits per heavy atom. The van der Waals surface area contributed by atoms with E-state index in [0.717, 1.165) is 51.4 Å². The van der Waals surface area contributed by atoms with Gasteiger partial charge in [-0.1, -0.05) is 333 Å². The Kier molecular flexibility index (Phi) is 66.9. The maximum atomic E-state index is 12.5. The summed E-state index contributed by atoms with van der Waals surface area (Å²) in [6.45, 7) is 4.94. The molecule has 0 fully saturated rings. The zero-order valence-corrected chi connectivity index (χ0v) is 53.4. The van der Waals surface area contributed by atoms with Gasteiger partial charge in [0, 0.05) is 12.8 Å². The maximum Gasteiger partial charge on any atom is 0.305 e. The SMILES string of the molecule is CCCCC/C=C\CCCCCCCC(=O)OCCCCCCCCCCCCCCCCC/C=C\C/C=C\CCCCCCCCCCCCCCCCCCCC(=O)NC(CO)C(O)CCCCCCCCCCCCC. The second kappa shape index (κ2) is 68.6. The molecule has 466 valence electrons. The Balaban J connectivity index is 3.33. The lowest BCUT2D eigenvalue weighted by Gasteiger charge is -2.22. The monoisotopic (exact) mass is 1110 g/mol. The lowest BCUT2D eigenvalue weighted by atomic mass is 10.0. The van der Waals surface area contributed by atoms with Crippen LogP contribution >= 0.6 is 0 Å². The number of amides is 1. The van der Waals surface area contributed by atoms with E-state index in [9.17, 15) is 19.8 Å². The highest BCUT2D eigenvalue weighted by Gasteiger charge is 2.20. The number of hydrogen-bond acceptors (Lipinski definition) is 5. The number of aliphatic hydroxyl groups is 2. The Morgan fingerprint density at radius 2 is 0.633 bits per heavy atom. The molecule has 0 aromatic rings. The van der Waals surface area contributed by atoms with Crippen LogP contribution in [0.1, 0.15) is 393 Å². The second-order valence-corrected chi connectivity index (χ2v) is 24.6. The highest BCUT2D eigenvalue weighted by Crippen LogP contribution is 2.19. The number of nitrogens with one attached hydrogen (secondary N) is 1. The maximum absolute atomic E-state index is 12.5. The van der Waals surface area contributed by atoms with Crippen LogP contribution in [0.5, 0.6) is 0 Å². The van der Waals surface area contributed by atoms with Crippen molar-refractivity contribution in [3.63, 3.8) is 0 Å². The third kappa shape index (κ3) is 65.1. The van der Waals surface area contributed by atoms with Gasteiger partial charge >= 0.3 is 5.97 Å².